The lowest BCUT2D eigenvalue weighted by Crippen LogP contribution is -2.50. The van der Waals surface area contributed by atoms with E-state index in [1.165, 1.54) is 11.1 Å². The van der Waals surface area contributed by atoms with E-state index in [0.717, 1.165) is 19.3 Å². The van der Waals surface area contributed by atoms with Crippen molar-refractivity contribution in [3.63, 3.8) is 0 Å². The van der Waals surface area contributed by atoms with Crippen molar-refractivity contribution in [3.8, 4) is 0 Å². The van der Waals surface area contributed by atoms with Gasteiger partial charge in [0.05, 0.1) is 19.3 Å². The Morgan fingerprint density at radius 2 is 2.19 bits per heavy atom. The average Bonchev–Trinajstić information content (AvgIpc) is 3.22. The molecule has 1 heterocycles. The van der Waals surface area contributed by atoms with Crippen molar-refractivity contribution < 1.29 is 19.4 Å². The number of morpholine rings is 1. The van der Waals surface area contributed by atoms with Crippen LogP contribution in [0.25, 0.3) is 0 Å². The topological polar surface area (TPSA) is 70.1 Å². The number of rotatable bonds is 5. The minimum atomic E-state index is -0.851. The smallest absolute Gasteiger partial charge is 0.317 e. The van der Waals surface area contributed by atoms with E-state index in [1.54, 1.807) is 11.9 Å². The zero-order chi connectivity index (χ0) is 18.3. The Hall–Kier alpha value is -1.92. The molecule has 1 spiro atoms. The number of carboxylic acids is 1. The van der Waals surface area contributed by atoms with Gasteiger partial charge >= 0.3 is 5.97 Å². The van der Waals surface area contributed by atoms with Crippen molar-refractivity contribution in [1.82, 2.24) is 9.80 Å². The molecule has 26 heavy (non-hydrogen) atoms. The molecule has 6 nitrogen and oxygen atoms in total. The van der Waals surface area contributed by atoms with Gasteiger partial charge < -0.3 is 14.7 Å². The SMILES string of the molecule is CN(CC(=O)O)CC1CN(C(=O)C2CC23CCc2ccccc23)CCO1. The van der Waals surface area contributed by atoms with Gasteiger partial charge in [0, 0.05) is 31.0 Å². The molecule has 1 aromatic carbocycles. The number of carboxylic acid groups (broad SMARTS) is 1. The minimum Gasteiger partial charge on any atom is -0.480 e. The summed E-state index contributed by atoms with van der Waals surface area (Å²) in [4.78, 5) is 27.6. The molecule has 1 aliphatic heterocycles. The highest BCUT2D eigenvalue weighted by molar-refractivity contribution is 5.85. The van der Waals surface area contributed by atoms with E-state index in [4.69, 9.17) is 9.84 Å². The third-order valence-electron chi connectivity index (χ3n) is 6.14. The summed E-state index contributed by atoms with van der Waals surface area (Å²) in [5.41, 5.74) is 2.85. The van der Waals surface area contributed by atoms with Crippen molar-refractivity contribution >= 4 is 11.9 Å². The van der Waals surface area contributed by atoms with Crippen LogP contribution in [0.1, 0.15) is 24.0 Å². The van der Waals surface area contributed by atoms with E-state index in [2.05, 4.69) is 24.3 Å². The summed E-state index contributed by atoms with van der Waals surface area (Å²) in [5.74, 6) is -0.506. The molecule has 140 valence electrons. The molecule has 2 fully saturated rings. The fraction of sp³-hybridized carbons (Fsp3) is 0.600. The molecule has 6 heteroatoms. The van der Waals surface area contributed by atoms with Crippen molar-refractivity contribution in [1.29, 1.82) is 0 Å². The highest BCUT2D eigenvalue weighted by Crippen LogP contribution is 2.62. The molecule has 1 saturated carbocycles. The van der Waals surface area contributed by atoms with E-state index < -0.39 is 5.97 Å². The molecule has 1 aromatic rings. The molecule has 0 aromatic heterocycles. The molecule has 3 unspecified atom stereocenters. The van der Waals surface area contributed by atoms with Crippen LogP contribution in [0.3, 0.4) is 0 Å². The first-order valence-corrected chi connectivity index (χ1v) is 9.39. The summed E-state index contributed by atoms with van der Waals surface area (Å²) in [7, 11) is 1.77. The number of benzene rings is 1. The summed E-state index contributed by atoms with van der Waals surface area (Å²) in [6.45, 7) is 2.21. The summed E-state index contributed by atoms with van der Waals surface area (Å²) in [5, 5.41) is 8.89. The number of carbonyl (C=O) groups excluding carboxylic acids is 1. The number of ether oxygens (including phenoxy) is 1. The molecule has 1 saturated heterocycles. The number of carbonyl (C=O) groups is 2. The Morgan fingerprint density at radius 1 is 1.38 bits per heavy atom. The molecule has 4 rings (SSSR count). The maximum Gasteiger partial charge on any atom is 0.317 e. The second-order valence-corrected chi connectivity index (χ2v) is 7.94. The highest BCUT2D eigenvalue weighted by atomic mass is 16.5. The van der Waals surface area contributed by atoms with Gasteiger partial charge in [-0.1, -0.05) is 24.3 Å². The normalized spacial score (nSPS) is 29.8. The first-order valence-electron chi connectivity index (χ1n) is 9.39. The Morgan fingerprint density at radius 3 is 3.00 bits per heavy atom. The first-order chi connectivity index (χ1) is 12.5. The Kier molecular flexibility index (Phi) is 4.49. The van der Waals surface area contributed by atoms with Gasteiger partial charge in [0.2, 0.25) is 5.91 Å². The Balaban J connectivity index is 1.38. The quantitative estimate of drug-likeness (QED) is 0.855. The number of fused-ring (bicyclic) bond motifs is 2. The lowest BCUT2D eigenvalue weighted by molar-refractivity contribution is -0.143. The van der Waals surface area contributed by atoms with Crippen LogP contribution in [0, 0.1) is 5.92 Å². The molecule has 0 radical (unpaired) electrons. The standard InChI is InChI=1S/C20H26N2O4/c1-21(13-18(23)24)11-15-12-22(8-9-26-15)19(25)17-10-20(17)7-6-14-4-2-3-5-16(14)20/h2-5,15,17H,6-13H2,1H3,(H,23,24). The number of hydrogen-bond acceptors (Lipinski definition) is 4. The van der Waals surface area contributed by atoms with Crippen molar-refractivity contribution in [2.24, 2.45) is 5.92 Å². The van der Waals surface area contributed by atoms with Crippen LogP contribution in [0.2, 0.25) is 0 Å². The zero-order valence-corrected chi connectivity index (χ0v) is 15.2. The maximum absolute atomic E-state index is 13.1. The molecule has 0 bridgehead atoms. The average molecular weight is 358 g/mol. The molecule has 3 atom stereocenters. The molecular weight excluding hydrogens is 332 g/mol. The fourth-order valence-corrected chi connectivity index (χ4v) is 4.81. The molecule has 3 aliphatic rings. The summed E-state index contributed by atoms with van der Waals surface area (Å²) >= 11 is 0. The van der Waals surface area contributed by atoms with Crippen LogP contribution in [-0.4, -0.2) is 72.7 Å². The Bertz CT molecular complexity index is 722. The number of nitrogens with zero attached hydrogens (tertiary/aromatic N) is 2. The van der Waals surface area contributed by atoms with E-state index >= 15 is 0 Å². The van der Waals surface area contributed by atoms with Gasteiger partial charge in [-0.05, 0) is 37.4 Å². The van der Waals surface area contributed by atoms with E-state index in [1.807, 2.05) is 4.90 Å². The Labute approximate surface area is 153 Å². The van der Waals surface area contributed by atoms with E-state index in [-0.39, 0.29) is 29.9 Å². The number of hydrogen-bond donors (Lipinski definition) is 1. The second kappa shape index (κ2) is 6.67. The van der Waals surface area contributed by atoms with Gasteiger partial charge in [0.15, 0.2) is 0 Å². The third-order valence-corrected chi connectivity index (χ3v) is 6.14. The van der Waals surface area contributed by atoms with Crippen LogP contribution >= 0.6 is 0 Å². The predicted octanol–water partition coefficient (Wildman–Crippen LogP) is 1.13. The van der Waals surface area contributed by atoms with Crippen LogP contribution in [0.5, 0.6) is 0 Å². The molecular formula is C20H26N2O4. The highest BCUT2D eigenvalue weighted by Gasteiger charge is 2.62. The van der Waals surface area contributed by atoms with Gasteiger partial charge in [-0.2, -0.15) is 0 Å². The number of aryl methyl sites for hydroxylation is 1. The molecule has 2 aliphatic carbocycles. The summed E-state index contributed by atoms with van der Waals surface area (Å²) in [6, 6.07) is 8.54. The van der Waals surface area contributed by atoms with E-state index in [9.17, 15) is 9.59 Å². The van der Waals surface area contributed by atoms with Crippen LogP contribution < -0.4 is 0 Å². The van der Waals surface area contributed by atoms with Crippen LogP contribution in [-0.2, 0) is 26.2 Å². The van der Waals surface area contributed by atoms with Crippen LogP contribution in [0.4, 0.5) is 0 Å². The van der Waals surface area contributed by atoms with Gasteiger partial charge in [0.1, 0.15) is 0 Å². The fourth-order valence-electron chi connectivity index (χ4n) is 4.81. The third kappa shape index (κ3) is 3.12. The van der Waals surface area contributed by atoms with Crippen molar-refractivity contribution in [3.05, 3.63) is 35.4 Å². The van der Waals surface area contributed by atoms with Gasteiger partial charge in [0.25, 0.3) is 0 Å². The van der Waals surface area contributed by atoms with Crippen molar-refractivity contribution in [2.75, 3.05) is 39.8 Å². The molecule has 1 amide bonds. The van der Waals surface area contributed by atoms with E-state index in [0.29, 0.717) is 26.2 Å². The second-order valence-electron chi connectivity index (χ2n) is 7.94. The van der Waals surface area contributed by atoms with Crippen molar-refractivity contribution in [2.45, 2.75) is 30.8 Å². The summed E-state index contributed by atoms with van der Waals surface area (Å²) < 4.78 is 5.76. The lowest BCUT2D eigenvalue weighted by Gasteiger charge is -2.35. The monoisotopic (exact) mass is 358 g/mol. The molecule has 1 N–H and O–H groups in total. The van der Waals surface area contributed by atoms with Gasteiger partial charge in [-0.3, -0.25) is 14.5 Å². The number of aliphatic carboxylic acids is 1. The van der Waals surface area contributed by atoms with Gasteiger partial charge in [-0.15, -0.1) is 0 Å². The zero-order valence-electron chi connectivity index (χ0n) is 15.2. The summed E-state index contributed by atoms with van der Waals surface area (Å²) in [6.07, 6.45) is 3.00. The number of likely N-dealkylation sites (N-methyl/N-ethyl adjacent to an activating group) is 1. The first kappa shape index (κ1) is 17.5. The predicted molar refractivity (Wildman–Crippen MR) is 96.0 cm³/mol. The lowest BCUT2D eigenvalue weighted by atomic mass is 9.95. The van der Waals surface area contributed by atoms with Gasteiger partial charge in [-0.25, -0.2) is 0 Å². The largest absolute Gasteiger partial charge is 0.480 e. The van der Waals surface area contributed by atoms with Crippen LogP contribution in [0.15, 0.2) is 24.3 Å². The maximum atomic E-state index is 13.1. The number of amides is 1. The minimum absolute atomic E-state index is 0.0175.